The zero-order chi connectivity index (χ0) is 22.0. The van der Waals surface area contributed by atoms with E-state index in [1.807, 2.05) is 25.1 Å². The number of anilines is 1. The molecule has 3 aliphatic rings. The molecule has 0 unspecified atom stereocenters. The maximum absolute atomic E-state index is 12.8. The van der Waals surface area contributed by atoms with Crippen molar-refractivity contribution in [1.29, 1.82) is 0 Å². The second-order valence-corrected chi connectivity index (χ2v) is 11.0. The Morgan fingerprint density at radius 2 is 1.97 bits per heavy atom. The standard InChI is InChI=1S/C24H35ClN4OS/c1-16-4-6-18(7-5-16)22-27-23(30)24(28-22)9-11-29(12-10-24)31-13-8-20-17(2)14-19(26-3)15-21(20)25/h14-16,18,26H,4-13H2,1-3H3,(H,27,28,30). The number of aliphatic imine (C=N–C) groups is 1. The average molecular weight is 463 g/mol. The summed E-state index contributed by atoms with van der Waals surface area (Å²) in [5, 5.41) is 7.16. The second-order valence-electron chi connectivity index (χ2n) is 9.46. The number of carbonyl (C=O) groups is 1. The van der Waals surface area contributed by atoms with Gasteiger partial charge in [0.2, 0.25) is 0 Å². The Kier molecular flexibility index (Phi) is 7.19. The summed E-state index contributed by atoms with van der Waals surface area (Å²) < 4.78 is 2.40. The second kappa shape index (κ2) is 9.72. The summed E-state index contributed by atoms with van der Waals surface area (Å²) in [6.45, 7) is 6.26. The van der Waals surface area contributed by atoms with Crippen molar-refractivity contribution >= 4 is 41.0 Å². The number of benzene rings is 1. The molecule has 2 N–H and O–H groups in total. The topological polar surface area (TPSA) is 56.7 Å². The molecule has 0 radical (unpaired) electrons. The molecule has 0 aromatic heterocycles. The lowest BCUT2D eigenvalue weighted by Crippen LogP contribution is -2.47. The van der Waals surface area contributed by atoms with Crippen LogP contribution in [0.1, 0.15) is 56.6 Å². The van der Waals surface area contributed by atoms with Crippen LogP contribution in [0.5, 0.6) is 0 Å². The number of piperidine rings is 1. The van der Waals surface area contributed by atoms with E-state index in [4.69, 9.17) is 16.6 Å². The Morgan fingerprint density at radius 3 is 2.61 bits per heavy atom. The SMILES string of the molecule is CNc1cc(C)c(CCSN2CCC3(CC2)N=C(C2CCC(C)CC2)NC3=O)c(Cl)c1. The first kappa shape index (κ1) is 22.9. The number of hydrogen-bond acceptors (Lipinski definition) is 5. The molecule has 2 fully saturated rings. The van der Waals surface area contributed by atoms with E-state index >= 15 is 0 Å². The maximum atomic E-state index is 12.8. The van der Waals surface area contributed by atoms with Crippen LogP contribution in [0.25, 0.3) is 0 Å². The molecule has 1 saturated carbocycles. The first-order valence-corrected chi connectivity index (χ1v) is 13.0. The normalized spacial score (nSPS) is 26.1. The van der Waals surface area contributed by atoms with Crippen LogP contribution in [-0.4, -0.2) is 47.5 Å². The molecule has 1 aliphatic carbocycles. The highest BCUT2D eigenvalue weighted by Crippen LogP contribution is 2.36. The van der Waals surface area contributed by atoms with E-state index in [2.05, 4.69) is 34.9 Å². The van der Waals surface area contributed by atoms with Crippen molar-refractivity contribution in [2.75, 3.05) is 31.2 Å². The van der Waals surface area contributed by atoms with E-state index in [9.17, 15) is 4.79 Å². The van der Waals surface area contributed by atoms with Crippen LogP contribution in [0.15, 0.2) is 17.1 Å². The molecule has 0 bridgehead atoms. The molecular weight excluding hydrogens is 428 g/mol. The Bertz CT molecular complexity index is 819. The van der Waals surface area contributed by atoms with Crippen molar-refractivity contribution in [1.82, 2.24) is 9.62 Å². The smallest absolute Gasteiger partial charge is 0.253 e. The Hall–Kier alpha value is -1.24. The molecule has 1 spiro atoms. The Balaban J connectivity index is 1.28. The van der Waals surface area contributed by atoms with Gasteiger partial charge in [0.05, 0.1) is 0 Å². The van der Waals surface area contributed by atoms with Gasteiger partial charge >= 0.3 is 0 Å². The number of halogens is 1. The minimum atomic E-state index is -0.516. The summed E-state index contributed by atoms with van der Waals surface area (Å²) in [6.07, 6.45) is 7.40. The molecule has 31 heavy (non-hydrogen) atoms. The van der Waals surface area contributed by atoms with E-state index in [1.165, 1.54) is 24.0 Å². The van der Waals surface area contributed by atoms with Gasteiger partial charge in [-0.3, -0.25) is 14.1 Å². The summed E-state index contributed by atoms with van der Waals surface area (Å²) in [7, 11) is 1.91. The van der Waals surface area contributed by atoms with E-state index in [1.54, 1.807) is 0 Å². The summed E-state index contributed by atoms with van der Waals surface area (Å²) in [4.78, 5) is 17.8. The molecule has 0 atom stereocenters. The monoisotopic (exact) mass is 462 g/mol. The number of aryl methyl sites for hydroxylation is 1. The van der Waals surface area contributed by atoms with Crippen molar-refractivity contribution in [2.45, 2.75) is 64.3 Å². The number of carbonyl (C=O) groups excluding carboxylic acids is 1. The van der Waals surface area contributed by atoms with Gasteiger partial charge in [-0.25, -0.2) is 0 Å². The fraction of sp³-hybridized carbons (Fsp3) is 0.667. The molecule has 1 amide bonds. The van der Waals surface area contributed by atoms with Crippen LogP contribution in [0.4, 0.5) is 5.69 Å². The number of amides is 1. The van der Waals surface area contributed by atoms with Crippen molar-refractivity contribution in [3.8, 4) is 0 Å². The quantitative estimate of drug-likeness (QED) is 0.579. The zero-order valence-corrected chi connectivity index (χ0v) is 20.5. The lowest BCUT2D eigenvalue weighted by atomic mass is 9.82. The van der Waals surface area contributed by atoms with Gasteiger partial charge in [0, 0.05) is 42.5 Å². The summed E-state index contributed by atoms with van der Waals surface area (Å²) >= 11 is 8.37. The summed E-state index contributed by atoms with van der Waals surface area (Å²) in [6, 6.07) is 4.15. The minimum Gasteiger partial charge on any atom is -0.388 e. The molecule has 7 heteroatoms. The van der Waals surface area contributed by atoms with Gasteiger partial charge in [0.15, 0.2) is 0 Å². The first-order chi connectivity index (χ1) is 14.9. The van der Waals surface area contributed by atoms with Crippen LogP contribution >= 0.6 is 23.5 Å². The Labute approximate surface area is 195 Å². The van der Waals surface area contributed by atoms with Crippen LogP contribution in [-0.2, 0) is 11.2 Å². The molecule has 1 aromatic rings. The highest BCUT2D eigenvalue weighted by molar-refractivity contribution is 7.97. The van der Waals surface area contributed by atoms with Crippen molar-refractivity contribution < 1.29 is 4.79 Å². The highest BCUT2D eigenvalue weighted by Gasteiger charge is 2.47. The molecular formula is C24H35ClN4OS. The number of hydrogen-bond donors (Lipinski definition) is 2. The maximum Gasteiger partial charge on any atom is 0.253 e. The van der Waals surface area contributed by atoms with Crippen LogP contribution in [0.3, 0.4) is 0 Å². The predicted octanol–water partition coefficient (Wildman–Crippen LogP) is 5.07. The van der Waals surface area contributed by atoms with Gasteiger partial charge in [-0.15, -0.1) is 0 Å². The molecule has 2 heterocycles. The predicted molar refractivity (Wildman–Crippen MR) is 132 cm³/mol. The van der Waals surface area contributed by atoms with E-state index in [0.717, 1.165) is 73.4 Å². The number of rotatable bonds is 6. The van der Waals surface area contributed by atoms with Crippen molar-refractivity contribution in [3.63, 3.8) is 0 Å². The molecule has 4 rings (SSSR count). The third kappa shape index (κ3) is 5.07. The van der Waals surface area contributed by atoms with Crippen LogP contribution in [0.2, 0.25) is 5.02 Å². The van der Waals surface area contributed by atoms with Crippen LogP contribution in [0, 0.1) is 18.8 Å². The molecule has 5 nitrogen and oxygen atoms in total. The fourth-order valence-electron chi connectivity index (χ4n) is 5.10. The fourth-order valence-corrected chi connectivity index (χ4v) is 6.46. The largest absolute Gasteiger partial charge is 0.388 e. The average Bonchev–Trinajstić information content (AvgIpc) is 3.07. The zero-order valence-electron chi connectivity index (χ0n) is 19.0. The van der Waals surface area contributed by atoms with Gasteiger partial charge < -0.3 is 10.6 Å². The lowest BCUT2D eigenvalue weighted by molar-refractivity contribution is -0.124. The molecule has 1 aromatic carbocycles. The van der Waals surface area contributed by atoms with Crippen molar-refractivity contribution in [2.24, 2.45) is 16.8 Å². The highest BCUT2D eigenvalue weighted by atomic mass is 35.5. The summed E-state index contributed by atoms with van der Waals surface area (Å²) in [5.74, 6) is 3.37. The third-order valence-corrected chi connectivity index (χ3v) is 8.74. The van der Waals surface area contributed by atoms with Gasteiger partial charge in [-0.05, 0) is 68.2 Å². The van der Waals surface area contributed by atoms with E-state index in [0.29, 0.717) is 5.92 Å². The first-order valence-electron chi connectivity index (χ1n) is 11.7. The number of nitrogens with zero attached hydrogens (tertiary/aromatic N) is 2. The van der Waals surface area contributed by atoms with Gasteiger partial charge in [-0.2, -0.15) is 0 Å². The molecule has 2 aliphatic heterocycles. The lowest BCUT2D eigenvalue weighted by Gasteiger charge is -2.34. The molecule has 1 saturated heterocycles. The third-order valence-electron chi connectivity index (χ3n) is 7.28. The number of nitrogens with one attached hydrogen (secondary N) is 2. The molecule has 170 valence electrons. The van der Waals surface area contributed by atoms with Crippen molar-refractivity contribution in [3.05, 3.63) is 28.3 Å². The summed E-state index contributed by atoms with van der Waals surface area (Å²) in [5.41, 5.74) is 3.00. The van der Waals surface area contributed by atoms with E-state index < -0.39 is 5.54 Å². The van der Waals surface area contributed by atoms with Gasteiger partial charge in [0.1, 0.15) is 11.4 Å². The van der Waals surface area contributed by atoms with E-state index in [-0.39, 0.29) is 5.91 Å². The van der Waals surface area contributed by atoms with Gasteiger partial charge in [-0.1, -0.05) is 43.3 Å². The van der Waals surface area contributed by atoms with Crippen LogP contribution < -0.4 is 10.6 Å². The van der Waals surface area contributed by atoms with Gasteiger partial charge in [0.25, 0.3) is 5.91 Å². The minimum absolute atomic E-state index is 0.137. The Morgan fingerprint density at radius 1 is 1.26 bits per heavy atom. The number of amidine groups is 1.